The van der Waals surface area contributed by atoms with E-state index in [1.165, 1.54) is 53.5 Å². The Morgan fingerprint density at radius 3 is 2.62 bits per heavy atom. The van der Waals surface area contributed by atoms with E-state index in [2.05, 4.69) is 47.2 Å². The molecule has 0 unspecified atom stereocenters. The first-order chi connectivity index (χ1) is 7.66. The fraction of sp³-hybridized carbons (Fsp3) is 0.571. The Bertz CT molecular complexity index is 367. The van der Waals surface area contributed by atoms with Crippen molar-refractivity contribution < 1.29 is 0 Å². The zero-order valence-electron chi connectivity index (χ0n) is 10.1. The molecule has 0 atom stereocenters. The highest BCUT2D eigenvalue weighted by Gasteiger charge is 2.15. The van der Waals surface area contributed by atoms with E-state index in [0.29, 0.717) is 0 Å². The third-order valence-electron chi connectivity index (χ3n) is 3.44. The number of halogens is 1. The zero-order chi connectivity index (χ0) is 11.5. The minimum absolute atomic E-state index is 0.860. The second-order valence-electron chi connectivity index (χ2n) is 4.95. The van der Waals surface area contributed by atoms with E-state index in [1.54, 1.807) is 0 Å². The minimum atomic E-state index is 0.860. The third kappa shape index (κ3) is 2.86. The number of aryl methyl sites for hydroxylation is 2. The fourth-order valence-corrected chi connectivity index (χ4v) is 2.97. The Kier molecular flexibility index (Phi) is 4.04. The summed E-state index contributed by atoms with van der Waals surface area (Å²) < 4.78 is 1.32. The molecule has 1 aliphatic heterocycles. The first kappa shape index (κ1) is 12.1. The first-order valence-electron chi connectivity index (χ1n) is 6.13. The minimum Gasteiger partial charge on any atom is -0.317 e. The summed E-state index contributed by atoms with van der Waals surface area (Å²) in [7, 11) is 0. The molecule has 0 bridgehead atoms. The van der Waals surface area contributed by atoms with Crippen LogP contribution in [0.3, 0.4) is 0 Å². The normalized spacial score (nSPS) is 17.7. The van der Waals surface area contributed by atoms with Crippen molar-refractivity contribution in [3.05, 3.63) is 33.3 Å². The van der Waals surface area contributed by atoms with Crippen molar-refractivity contribution in [2.75, 3.05) is 13.1 Å². The van der Waals surface area contributed by atoms with Crippen molar-refractivity contribution >= 4 is 15.9 Å². The Morgan fingerprint density at radius 2 is 1.94 bits per heavy atom. The van der Waals surface area contributed by atoms with Crippen LogP contribution in [0.4, 0.5) is 0 Å². The van der Waals surface area contributed by atoms with Gasteiger partial charge in [0.05, 0.1) is 0 Å². The largest absolute Gasteiger partial charge is 0.317 e. The van der Waals surface area contributed by atoms with E-state index in [0.717, 1.165) is 5.92 Å². The zero-order valence-corrected chi connectivity index (χ0v) is 11.7. The van der Waals surface area contributed by atoms with Crippen LogP contribution in [0.1, 0.15) is 29.5 Å². The molecule has 1 saturated heterocycles. The van der Waals surface area contributed by atoms with Crippen LogP contribution in [0.15, 0.2) is 16.6 Å². The molecular formula is C14H20BrN. The highest BCUT2D eigenvalue weighted by Crippen LogP contribution is 2.27. The quantitative estimate of drug-likeness (QED) is 0.873. The fourth-order valence-electron chi connectivity index (χ4n) is 2.58. The van der Waals surface area contributed by atoms with E-state index in [9.17, 15) is 0 Å². The molecule has 88 valence electrons. The highest BCUT2D eigenvalue weighted by molar-refractivity contribution is 9.10. The number of rotatable bonds is 2. The average molecular weight is 282 g/mol. The molecule has 1 N–H and O–H groups in total. The second-order valence-corrected chi connectivity index (χ2v) is 5.75. The Morgan fingerprint density at radius 1 is 1.25 bits per heavy atom. The van der Waals surface area contributed by atoms with Gasteiger partial charge in [0.15, 0.2) is 0 Å². The summed E-state index contributed by atoms with van der Waals surface area (Å²) in [5.74, 6) is 0.860. The van der Waals surface area contributed by atoms with Crippen molar-refractivity contribution in [1.29, 1.82) is 0 Å². The summed E-state index contributed by atoms with van der Waals surface area (Å²) in [6, 6.07) is 4.58. The Hall–Kier alpha value is -0.340. The van der Waals surface area contributed by atoms with Gasteiger partial charge in [-0.1, -0.05) is 33.6 Å². The standard InChI is InChI=1S/C14H20BrN/c1-10-7-11(2)14(15)13(8-10)9-12-3-5-16-6-4-12/h7-8,12,16H,3-6,9H2,1-2H3. The maximum absolute atomic E-state index is 3.73. The van der Waals surface area contributed by atoms with E-state index in [1.807, 2.05) is 0 Å². The van der Waals surface area contributed by atoms with Gasteiger partial charge in [0.2, 0.25) is 0 Å². The second kappa shape index (κ2) is 5.33. The maximum atomic E-state index is 3.73. The molecule has 1 heterocycles. The number of hydrogen-bond donors (Lipinski definition) is 1. The number of nitrogens with one attached hydrogen (secondary N) is 1. The predicted octanol–water partition coefficient (Wildman–Crippen LogP) is 3.61. The molecule has 1 aromatic rings. The van der Waals surface area contributed by atoms with Crippen molar-refractivity contribution in [2.45, 2.75) is 33.1 Å². The van der Waals surface area contributed by atoms with Crippen molar-refractivity contribution in [3.63, 3.8) is 0 Å². The lowest BCUT2D eigenvalue weighted by Crippen LogP contribution is -2.28. The molecule has 1 fully saturated rings. The molecule has 1 aromatic carbocycles. The highest BCUT2D eigenvalue weighted by atomic mass is 79.9. The smallest absolute Gasteiger partial charge is 0.0236 e. The van der Waals surface area contributed by atoms with Crippen LogP contribution in [0.25, 0.3) is 0 Å². The molecule has 0 amide bonds. The van der Waals surface area contributed by atoms with Crippen LogP contribution in [0.2, 0.25) is 0 Å². The first-order valence-corrected chi connectivity index (χ1v) is 6.92. The Balaban J connectivity index is 2.13. The van der Waals surface area contributed by atoms with E-state index in [-0.39, 0.29) is 0 Å². The van der Waals surface area contributed by atoms with Gasteiger partial charge >= 0.3 is 0 Å². The van der Waals surface area contributed by atoms with E-state index in [4.69, 9.17) is 0 Å². The lowest BCUT2D eigenvalue weighted by Gasteiger charge is -2.23. The lowest BCUT2D eigenvalue weighted by atomic mass is 9.90. The van der Waals surface area contributed by atoms with Crippen LogP contribution in [0.5, 0.6) is 0 Å². The number of benzene rings is 1. The topological polar surface area (TPSA) is 12.0 Å². The van der Waals surface area contributed by atoms with Crippen molar-refractivity contribution in [3.8, 4) is 0 Å². The van der Waals surface area contributed by atoms with Crippen LogP contribution in [-0.4, -0.2) is 13.1 Å². The molecule has 1 nitrogen and oxygen atoms in total. The molecule has 16 heavy (non-hydrogen) atoms. The molecule has 0 radical (unpaired) electrons. The van der Waals surface area contributed by atoms with Crippen LogP contribution in [-0.2, 0) is 6.42 Å². The molecule has 0 saturated carbocycles. The van der Waals surface area contributed by atoms with Gasteiger partial charge in [0, 0.05) is 4.47 Å². The number of piperidine rings is 1. The average Bonchev–Trinajstić information content (AvgIpc) is 2.27. The molecule has 2 heteroatoms. The van der Waals surface area contributed by atoms with E-state index < -0.39 is 0 Å². The van der Waals surface area contributed by atoms with Gasteiger partial charge in [-0.2, -0.15) is 0 Å². The summed E-state index contributed by atoms with van der Waals surface area (Å²) in [6.45, 7) is 6.74. The monoisotopic (exact) mass is 281 g/mol. The van der Waals surface area contributed by atoms with Gasteiger partial charge in [-0.3, -0.25) is 0 Å². The van der Waals surface area contributed by atoms with Crippen molar-refractivity contribution in [1.82, 2.24) is 5.32 Å². The summed E-state index contributed by atoms with van der Waals surface area (Å²) in [5.41, 5.74) is 4.23. The number of hydrogen-bond acceptors (Lipinski definition) is 1. The molecule has 2 rings (SSSR count). The van der Waals surface area contributed by atoms with Gasteiger partial charge in [0.25, 0.3) is 0 Å². The van der Waals surface area contributed by atoms with Gasteiger partial charge < -0.3 is 5.32 Å². The van der Waals surface area contributed by atoms with Crippen LogP contribution >= 0.6 is 15.9 Å². The summed E-state index contributed by atoms with van der Waals surface area (Å²) in [4.78, 5) is 0. The maximum Gasteiger partial charge on any atom is 0.0236 e. The van der Waals surface area contributed by atoms with Crippen LogP contribution < -0.4 is 5.32 Å². The lowest BCUT2D eigenvalue weighted by molar-refractivity contribution is 0.372. The van der Waals surface area contributed by atoms with Gasteiger partial charge in [0.1, 0.15) is 0 Å². The van der Waals surface area contributed by atoms with Gasteiger partial charge in [-0.25, -0.2) is 0 Å². The summed E-state index contributed by atoms with van der Waals surface area (Å²) >= 11 is 3.73. The van der Waals surface area contributed by atoms with Gasteiger partial charge in [-0.15, -0.1) is 0 Å². The van der Waals surface area contributed by atoms with Crippen molar-refractivity contribution in [2.24, 2.45) is 5.92 Å². The summed E-state index contributed by atoms with van der Waals surface area (Å²) in [5, 5.41) is 3.43. The predicted molar refractivity (Wildman–Crippen MR) is 72.9 cm³/mol. The van der Waals surface area contributed by atoms with Crippen LogP contribution in [0, 0.1) is 19.8 Å². The molecule has 1 aliphatic rings. The van der Waals surface area contributed by atoms with Gasteiger partial charge in [-0.05, 0) is 63.2 Å². The molecule has 0 spiro atoms. The molecule has 0 aliphatic carbocycles. The third-order valence-corrected chi connectivity index (χ3v) is 4.58. The SMILES string of the molecule is Cc1cc(C)c(Br)c(CC2CCNCC2)c1. The molecular weight excluding hydrogens is 262 g/mol. The molecule has 0 aromatic heterocycles. The Labute approximate surface area is 107 Å². The van der Waals surface area contributed by atoms with E-state index >= 15 is 0 Å². The summed E-state index contributed by atoms with van der Waals surface area (Å²) in [6.07, 6.45) is 3.86.